The predicted octanol–water partition coefficient (Wildman–Crippen LogP) is 1.02. The summed E-state index contributed by atoms with van der Waals surface area (Å²) in [5, 5.41) is 0. The molecule has 0 aliphatic carbocycles. The second-order valence-electron chi connectivity index (χ2n) is 1.18. The molecule has 0 aliphatic heterocycles. The largest absolute Gasteiger partial charge is 0.484 e. The van der Waals surface area contributed by atoms with Gasteiger partial charge in [-0.2, -0.15) is 22.0 Å². The Morgan fingerprint density at radius 1 is 1.09 bits per heavy atom. The zero-order chi connectivity index (χ0) is 8.41. The molecule has 2 nitrogen and oxygen atoms in total. The summed E-state index contributed by atoms with van der Waals surface area (Å²) in [6.07, 6.45) is -11.2. The first-order chi connectivity index (χ1) is 4.31. The van der Waals surface area contributed by atoms with Gasteiger partial charge >= 0.3 is 12.3 Å². The molecule has 0 unspecified atom stereocenters. The van der Waals surface area contributed by atoms with E-state index < -0.39 is 24.2 Å². The number of hydrogen-bond donors (Lipinski definition) is 1. The van der Waals surface area contributed by atoms with Crippen molar-refractivity contribution in [3.05, 3.63) is 0 Å². The van der Waals surface area contributed by atoms with Crippen LogP contribution in [-0.2, 0) is 35.6 Å². The molecule has 0 fully saturated rings. The van der Waals surface area contributed by atoms with E-state index >= 15 is 0 Å². The van der Waals surface area contributed by atoms with Crippen LogP contribution in [0, 0.1) is 0 Å². The molecule has 64 valence electrons. The molecule has 0 N–H and O–H groups in total. The summed E-state index contributed by atoms with van der Waals surface area (Å²) in [5.74, 6) is 0. The zero-order valence-electron chi connectivity index (χ0n) is 4.86. The van der Waals surface area contributed by atoms with Gasteiger partial charge in [-0.05, 0) is 0 Å². The van der Waals surface area contributed by atoms with Crippen molar-refractivity contribution in [1.82, 2.24) is 0 Å². The Labute approximate surface area is 74.5 Å². The van der Waals surface area contributed by atoms with Gasteiger partial charge in [-0.15, -0.1) is 0 Å². The molecule has 0 bridgehead atoms. The van der Waals surface area contributed by atoms with E-state index in [0.29, 0.717) is 0 Å². The van der Waals surface area contributed by atoms with E-state index in [1.807, 2.05) is 0 Å². The van der Waals surface area contributed by atoms with Crippen molar-refractivity contribution in [3.63, 3.8) is 0 Å². The molecular formula is C2HF5O2SZn. The van der Waals surface area contributed by atoms with Crippen molar-refractivity contribution in [3.8, 4) is 0 Å². The number of hydrogen-bond acceptors (Lipinski definition) is 2. The van der Waals surface area contributed by atoms with Gasteiger partial charge < -0.3 is 0 Å². The molecule has 0 atom stereocenters. The molecule has 9 heteroatoms. The minimum absolute atomic E-state index is 0. The Hall–Kier alpha value is 0.383. The van der Waals surface area contributed by atoms with Crippen molar-refractivity contribution >= 4 is 11.9 Å². The zero-order valence-corrected chi connectivity index (χ0v) is 8.72. The summed E-state index contributed by atoms with van der Waals surface area (Å²) >= 11 is -1.71. The van der Waals surface area contributed by atoms with Gasteiger partial charge in [0.1, 0.15) is 11.9 Å². The van der Waals surface area contributed by atoms with Gasteiger partial charge in [-0.1, -0.05) is 0 Å². The third-order valence-electron chi connectivity index (χ3n) is 0.482. The average molecular weight is 249 g/mol. The van der Waals surface area contributed by atoms with Gasteiger partial charge in [0.05, 0.1) is 0 Å². The van der Waals surface area contributed by atoms with E-state index in [-0.39, 0.29) is 19.5 Å². The SMILES string of the molecule is O=[SH]OC(F)(F)C(F)(F)F.[Zn]. The second-order valence-corrected chi connectivity index (χ2v) is 1.51. The van der Waals surface area contributed by atoms with Crippen molar-refractivity contribution in [2.24, 2.45) is 0 Å². The van der Waals surface area contributed by atoms with Crippen LogP contribution in [0.15, 0.2) is 0 Å². The molecule has 0 aliphatic rings. The summed E-state index contributed by atoms with van der Waals surface area (Å²) < 4.78 is 67.5. The van der Waals surface area contributed by atoms with Gasteiger partial charge in [-0.25, -0.2) is 8.39 Å². The summed E-state index contributed by atoms with van der Waals surface area (Å²) in [4.78, 5) is 0. The minimum Gasteiger partial charge on any atom is -0.233 e. The molecule has 0 amide bonds. The summed E-state index contributed by atoms with van der Waals surface area (Å²) in [7, 11) is 0. The van der Waals surface area contributed by atoms with E-state index in [0.717, 1.165) is 0 Å². The monoisotopic (exact) mass is 248 g/mol. The van der Waals surface area contributed by atoms with Crippen LogP contribution in [0.2, 0.25) is 0 Å². The van der Waals surface area contributed by atoms with Gasteiger partial charge in [0.25, 0.3) is 0 Å². The van der Waals surface area contributed by atoms with Crippen molar-refractivity contribution in [2.75, 3.05) is 0 Å². The van der Waals surface area contributed by atoms with Crippen LogP contribution in [0.5, 0.6) is 0 Å². The summed E-state index contributed by atoms with van der Waals surface area (Å²) in [6.45, 7) is 0. The normalized spacial score (nSPS) is 12.5. The van der Waals surface area contributed by atoms with Gasteiger partial charge in [0.2, 0.25) is 0 Å². The van der Waals surface area contributed by atoms with E-state index in [1.54, 1.807) is 0 Å². The third-order valence-corrected chi connectivity index (χ3v) is 0.786. The van der Waals surface area contributed by atoms with Gasteiger partial charge in [0, 0.05) is 19.5 Å². The van der Waals surface area contributed by atoms with E-state index in [9.17, 15) is 22.0 Å². The Bertz CT molecular complexity index is 135. The molecular weight excluding hydrogens is 248 g/mol. The van der Waals surface area contributed by atoms with Crippen molar-refractivity contribution in [1.29, 1.82) is 0 Å². The summed E-state index contributed by atoms with van der Waals surface area (Å²) in [5.41, 5.74) is 0. The molecule has 0 spiro atoms. The van der Waals surface area contributed by atoms with E-state index in [2.05, 4.69) is 4.18 Å². The van der Waals surface area contributed by atoms with E-state index in [4.69, 9.17) is 4.21 Å². The van der Waals surface area contributed by atoms with Crippen LogP contribution in [0.25, 0.3) is 0 Å². The van der Waals surface area contributed by atoms with Crippen LogP contribution in [0.3, 0.4) is 0 Å². The topological polar surface area (TPSA) is 26.3 Å². The molecule has 0 aromatic rings. The summed E-state index contributed by atoms with van der Waals surface area (Å²) in [6, 6.07) is 0. The molecule has 0 saturated carbocycles. The Morgan fingerprint density at radius 3 is 1.55 bits per heavy atom. The number of halogens is 5. The van der Waals surface area contributed by atoms with Crippen LogP contribution in [0.1, 0.15) is 0 Å². The molecule has 0 rings (SSSR count). The van der Waals surface area contributed by atoms with Crippen LogP contribution >= 0.6 is 0 Å². The maximum absolute atomic E-state index is 11.4. The van der Waals surface area contributed by atoms with Crippen LogP contribution in [0.4, 0.5) is 22.0 Å². The number of alkyl halides is 5. The maximum atomic E-state index is 11.4. The van der Waals surface area contributed by atoms with Gasteiger partial charge in [-0.3, -0.25) is 0 Å². The Kier molecular flexibility index (Phi) is 5.60. The second kappa shape index (κ2) is 4.42. The fourth-order valence-corrected chi connectivity index (χ4v) is 0.296. The number of rotatable bonds is 2. The molecule has 0 saturated heterocycles. The predicted molar refractivity (Wildman–Crippen MR) is 21.6 cm³/mol. The minimum atomic E-state index is -5.82. The fourth-order valence-electron chi connectivity index (χ4n) is 0.0986. The first kappa shape index (κ1) is 13.9. The average Bonchev–Trinajstić information content (AvgIpc) is 1.61. The molecule has 11 heavy (non-hydrogen) atoms. The van der Waals surface area contributed by atoms with E-state index in [1.165, 1.54) is 0 Å². The standard InChI is InChI=1S/C2HF5O2S.Zn/c3-1(4,5)2(6,7)9-10-8;/h10H;. The maximum Gasteiger partial charge on any atom is 0.484 e. The fraction of sp³-hybridized carbons (Fsp3) is 1.00. The first-order valence-electron chi connectivity index (χ1n) is 1.76. The number of thiol groups is 1. The van der Waals surface area contributed by atoms with Gasteiger partial charge in [0.15, 0.2) is 0 Å². The van der Waals surface area contributed by atoms with Crippen molar-refractivity contribution < 1.29 is 49.8 Å². The Morgan fingerprint density at radius 2 is 1.45 bits per heavy atom. The molecule has 0 aromatic heterocycles. The first-order valence-corrected chi connectivity index (χ1v) is 2.49. The van der Waals surface area contributed by atoms with Crippen molar-refractivity contribution in [2.45, 2.75) is 12.3 Å². The quantitative estimate of drug-likeness (QED) is 0.449. The van der Waals surface area contributed by atoms with Crippen LogP contribution < -0.4 is 0 Å². The smallest absolute Gasteiger partial charge is 0.233 e. The molecule has 0 radical (unpaired) electrons. The third kappa shape index (κ3) is 4.07. The molecule has 0 aromatic carbocycles. The Balaban J connectivity index is 0. The molecule has 0 heterocycles. The van der Waals surface area contributed by atoms with Crippen LogP contribution in [-0.4, -0.2) is 16.5 Å².